The van der Waals surface area contributed by atoms with Crippen molar-refractivity contribution in [2.45, 2.75) is 19.4 Å². The predicted octanol–water partition coefficient (Wildman–Crippen LogP) is 3.33. The number of aliphatic imine (C=N–C) groups is 1. The third-order valence-electron chi connectivity index (χ3n) is 3.67. The molecule has 2 aromatic carbocycles. The van der Waals surface area contributed by atoms with Crippen LogP contribution in [-0.2, 0) is 4.74 Å². The van der Waals surface area contributed by atoms with Crippen molar-refractivity contribution in [3.05, 3.63) is 60.7 Å². The summed E-state index contributed by atoms with van der Waals surface area (Å²) < 4.78 is 5.47. The largest absolute Gasteiger partial charge is 0.479 e. The Morgan fingerprint density at radius 2 is 1.57 bits per heavy atom. The van der Waals surface area contributed by atoms with Crippen LogP contribution in [0.25, 0.3) is 0 Å². The molecule has 2 aromatic rings. The Labute approximate surface area is 127 Å². The van der Waals surface area contributed by atoms with E-state index < -0.39 is 0 Å². The van der Waals surface area contributed by atoms with Crippen LogP contribution in [-0.4, -0.2) is 24.7 Å². The molecule has 0 unspecified atom stereocenters. The second-order valence-corrected chi connectivity index (χ2v) is 7.56. The van der Waals surface area contributed by atoms with Crippen LogP contribution in [0.1, 0.15) is 13.3 Å². The molecule has 3 rings (SSSR count). The van der Waals surface area contributed by atoms with Crippen LogP contribution in [0.5, 0.6) is 0 Å². The van der Waals surface area contributed by atoms with Gasteiger partial charge in [-0.15, -0.1) is 0 Å². The highest BCUT2D eigenvalue weighted by Gasteiger charge is 2.19. The average Bonchev–Trinajstić information content (AvgIpc) is 2.95. The molecule has 0 saturated carbocycles. The molecule has 0 aliphatic carbocycles. The highest BCUT2D eigenvalue weighted by Crippen LogP contribution is 2.35. The molecule has 0 saturated heterocycles. The van der Waals surface area contributed by atoms with E-state index in [4.69, 9.17) is 4.74 Å². The molecule has 0 radical (unpaired) electrons. The fraction of sp³-hybridized carbons (Fsp3) is 0.278. The molecule has 1 aliphatic heterocycles. The van der Waals surface area contributed by atoms with Gasteiger partial charge in [-0.25, -0.2) is 4.99 Å². The van der Waals surface area contributed by atoms with Crippen LogP contribution in [0.3, 0.4) is 0 Å². The minimum Gasteiger partial charge on any atom is -0.479 e. The maximum Gasteiger partial charge on any atom is 0.180 e. The van der Waals surface area contributed by atoms with E-state index in [1.807, 2.05) is 6.92 Å². The first kappa shape index (κ1) is 14.3. The molecule has 1 aliphatic rings. The fourth-order valence-electron chi connectivity index (χ4n) is 2.60. The van der Waals surface area contributed by atoms with Crippen LogP contribution >= 0.6 is 7.92 Å². The van der Waals surface area contributed by atoms with E-state index in [1.54, 1.807) is 0 Å². The monoisotopic (exact) mass is 297 g/mol. The molecule has 108 valence electrons. The summed E-state index contributed by atoms with van der Waals surface area (Å²) in [5, 5.41) is 2.89. The van der Waals surface area contributed by atoms with Crippen molar-refractivity contribution < 1.29 is 4.74 Å². The van der Waals surface area contributed by atoms with Crippen LogP contribution < -0.4 is 10.6 Å². The van der Waals surface area contributed by atoms with E-state index in [0.717, 1.165) is 25.1 Å². The lowest BCUT2D eigenvalue weighted by Crippen LogP contribution is -2.17. The van der Waals surface area contributed by atoms with Gasteiger partial charge in [0.1, 0.15) is 6.61 Å². The molecular formula is C18H20NOP. The van der Waals surface area contributed by atoms with Crippen molar-refractivity contribution >= 4 is 24.4 Å². The molecule has 2 nitrogen and oxygen atoms in total. The van der Waals surface area contributed by atoms with Gasteiger partial charge >= 0.3 is 0 Å². The maximum atomic E-state index is 5.47. The highest BCUT2D eigenvalue weighted by molar-refractivity contribution is 7.73. The number of nitrogens with zero attached hydrogens (tertiary/aromatic N) is 1. The zero-order valence-corrected chi connectivity index (χ0v) is 13.2. The highest BCUT2D eigenvalue weighted by atomic mass is 31.1. The Morgan fingerprint density at radius 1 is 1.00 bits per heavy atom. The van der Waals surface area contributed by atoms with Gasteiger partial charge in [-0.2, -0.15) is 0 Å². The summed E-state index contributed by atoms with van der Waals surface area (Å²) in [5.74, 6) is 0.837. The predicted molar refractivity (Wildman–Crippen MR) is 91.4 cm³/mol. The van der Waals surface area contributed by atoms with Crippen molar-refractivity contribution in [2.75, 3.05) is 12.8 Å². The van der Waals surface area contributed by atoms with E-state index in [-0.39, 0.29) is 7.92 Å². The molecule has 0 spiro atoms. The molecule has 0 N–H and O–H groups in total. The molecule has 0 aromatic heterocycles. The second-order valence-electron chi connectivity index (χ2n) is 5.22. The smallest absolute Gasteiger partial charge is 0.180 e. The zero-order valence-electron chi connectivity index (χ0n) is 12.3. The first-order valence-corrected chi connectivity index (χ1v) is 8.90. The lowest BCUT2D eigenvalue weighted by atomic mass is 10.3. The van der Waals surface area contributed by atoms with Gasteiger partial charge in [0.25, 0.3) is 0 Å². The van der Waals surface area contributed by atoms with Gasteiger partial charge in [-0.3, -0.25) is 0 Å². The quantitative estimate of drug-likeness (QED) is 0.776. The maximum absolute atomic E-state index is 5.47. The number of ether oxygens (including phenoxy) is 1. The molecule has 3 heteroatoms. The zero-order chi connectivity index (χ0) is 14.5. The Kier molecular flexibility index (Phi) is 4.67. The standard InChI is InChI=1S/C18H20NOP/c1-15-19-16(14-20-15)12-13-21(17-8-4-2-5-9-17)18-10-6-3-7-11-18/h2-11,16H,12-14H2,1H3/t16-/m0/s1. The minimum atomic E-state index is -0.306. The molecule has 0 bridgehead atoms. The van der Waals surface area contributed by atoms with E-state index in [9.17, 15) is 0 Å². The van der Waals surface area contributed by atoms with Gasteiger partial charge in [0.2, 0.25) is 0 Å². The van der Waals surface area contributed by atoms with Crippen LogP contribution in [0, 0.1) is 0 Å². The Morgan fingerprint density at radius 3 is 2.05 bits per heavy atom. The number of hydrogen-bond acceptors (Lipinski definition) is 2. The molecular weight excluding hydrogens is 277 g/mol. The van der Waals surface area contributed by atoms with Crippen molar-refractivity contribution in [2.24, 2.45) is 4.99 Å². The van der Waals surface area contributed by atoms with Gasteiger partial charge < -0.3 is 4.74 Å². The van der Waals surface area contributed by atoms with Gasteiger partial charge in [0.15, 0.2) is 5.90 Å². The third-order valence-corrected chi connectivity index (χ3v) is 6.22. The number of rotatable bonds is 5. The lowest BCUT2D eigenvalue weighted by Gasteiger charge is -2.19. The van der Waals surface area contributed by atoms with E-state index in [2.05, 4.69) is 65.7 Å². The van der Waals surface area contributed by atoms with Gasteiger partial charge in [0, 0.05) is 6.92 Å². The summed E-state index contributed by atoms with van der Waals surface area (Å²) in [4.78, 5) is 4.55. The van der Waals surface area contributed by atoms with Crippen molar-refractivity contribution in [3.63, 3.8) is 0 Å². The summed E-state index contributed by atoms with van der Waals surface area (Å²) in [6.07, 6.45) is 2.25. The van der Waals surface area contributed by atoms with E-state index >= 15 is 0 Å². The lowest BCUT2D eigenvalue weighted by molar-refractivity contribution is 0.313. The van der Waals surface area contributed by atoms with Crippen LogP contribution in [0.2, 0.25) is 0 Å². The molecule has 0 fully saturated rings. The molecule has 0 amide bonds. The number of benzene rings is 2. The van der Waals surface area contributed by atoms with E-state index in [0.29, 0.717) is 6.04 Å². The number of hydrogen-bond donors (Lipinski definition) is 0. The van der Waals surface area contributed by atoms with Crippen LogP contribution in [0.15, 0.2) is 65.7 Å². The second kappa shape index (κ2) is 6.87. The third kappa shape index (κ3) is 3.71. The Balaban J connectivity index is 1.77. The Hall–Kier alpha value is -1.66. The summed E-state index contributed by atoms with van der Waals surface area (Å²) in [6.45, 7) is 2.69. The van der Waals surface area contributed by atoms with Crippen molar-refractivity contribution in [3.8, 4) is 0 Å². The average molecular weight is 297 g/mol. The van der Waals surface area contributed by atoms with E-state index in [1.165, 1.54) is 10.6 Å². The first-order chi connectivity index (χ1) is 10.3. The summed E-state index contributed by atoms with van der Waals surface area (Å²) in [6, 6.07) is 22.0. The SMILES string of the molecule is CC1=N[C@@H](CCP(c2ccccc2)c2ccccc2)CO1. The van der Waals surface area contributed by atoms with Crippen molar-refractivity contribution in [1.82, 2.24) is 0 Å². The van der Waals surface area contributed by atoms with Gasteiger partial charge in [-0.05, 0) is 31.1 Å². The van der Waals surface area contributed by atoms with Crippen molar-refractivity contribution in [1.29, 1.82) is 0 Å². The fourth-order valence-corrected chi connectivity index (χ4v) is 5.03. The molecule has 1 atom stereocenters. The normalized spacial score (nSPS) is 17.6. The Bertz CT molecular complexity index is 558. The summed E-state index contributed by atoms with van der Waals surface area (Å²) in [5.41, 5.74) is 0. The van der Waals surface area contributed by atoms with Gasteiger partial charge in [0.05, 0.1) is 6.04 Å². The summed E-state index contributed by atoms with van der Waals surface area (Å²) in [7, 11) is -0.306. The molecule has 21 heavy (non-hydrogen) atoms. The van der Waals surface area contributed by atoms with Gasteiger partial charge in [-0.1, -0.05) is 60.7 Å². The summed E-state index contributed by atoms with van der Waals surface area (Å²) >= 11 is 0. The first-order valence-electron chi connectivity index (χ1n) is 7.38. The minimum absolute atomic E-state index is 0.306. The molecule has 1 heterocycles. The van der Waals surface area contributed by atoms with Crippen LogP contribution in [0.4, 0.5) is 0 Å². The topological polar surface area (TPSA) is 21.6 Å².